The lowest BCUT2D eigenvalue weighted by atomic mass is 9.80. The van der Waals surface area contributed by atoms with Crippen LogP contribution in [0.15, 0.2) is 24.3 Å². The van der Waals surface area contributed by atoms with Crippen molar-refractivity contribution < 1.29 is 4.39 Å². The van der Waals surface area contributed by atoms with Gasteiger partial charge < -0.3 is 10.2 Å². The Hall–Kier alpha value is -1.13. The van der Waals surface area contributed by atoms with Gasteiger partial charge in [0.25, 0.3) is 0 Å². The zero-order chi connectivity index (χ0) is 14.7. The fourth-order valence-corrected chi connectivity index (χ4v) is 3.58. The summed E-state index contributed by atoms with van der Waals surface area (Å²) in [5, 5.41) is 3.44. The molecule has 0 saturated carbocycles. The number of benzene rings is 1. The van der Waals surface area contributed by atoms with Crippen molar-refractivity contribution in [3.63, 3.8) is 0 Å². The number of rotatable bonds is 3. The van der Waals surface area contributed by atoms with E-state index in [-0.39, 0.29) is 5.82 Å². The molecule has 0 aliphatic carbocycles. The molecule has 1 N–H and O–H groups in total. The van der Waals surface area contributed by atoms with Crippen molar-refractivity contribution in [2.45, 2.75) is 19.8 Å². The van der Waals surface area contributed by atoms with Gasteiger partial charge >= 0.3 is 0 Å². The molecule has 0 aromatic heterocycles. The molecule has 1 aromatic carbocycles. The highest BCUT2D eigenvalue weighted by Gasteiger charge is 2.30. The molecule has 2 aliphatic heterocycles. The van der Waals surface area contributed by atoms with Crippen molar-refractivity contribution in [2.24, 2.45) is 5.41 Å². The third kappa shape index (κ3) is 3.55. The third-order valence-corrected chi connectivity index (χ3v) is 4.98. The summed E-state index contributed by atoms with van der Waals surface area (Å²) in [4.78, 5) is 4.74. The zero-order valence-corrected chi connectivity index (χ0v) is 12.9. The van der Waals surface area contributed by atoms with E-state index in [2.05, 4.69) is 22.0 Å². The molecular weight excluding hydrogens is 265 g/mol. The van der Waals surface area contributed by atoms with E-state index in [0.717, 1.165) is 45.0 Å². The van der Waals surface area contributed by atoms with E-state index >= 15 is 0 Å². The SMILES string of the molecule is CC1(CN2CCN(c3ccccc3F)CC2)CCNCC1. The van der Waals surface area contributed by atoms with Crippen molar-refractivity contribution in [3.05, 3.63) is 30.1 Å². The van der Waals surface area contributed by atoms with Crippen LogP contribution in [0.5, 0.6) is 0 Å². The maximum Gasteiger partial charge on any atom is 0.146 e. The first kappa shape index (κ1) is 14.8. The molecule has 2 fully saturated rings. The molecule has 3 rings (SSSR count). The lowest BCUT2D eigenvalue weighted by Crippen LogP contribution is -2.51. The highest BCUT2D eigenvalue weighted by Crippen LogP contribution is 2.29. The smallest absolute Gasteiger partial charge is 0.146 e. The number of nitrogens with one attached hydrogen (secondary N) is 1. The van der Waals surface area contributed by atoms with Gasteiger partial charge in [-0.2, -0.15) is 0 Å². The molecule has 2 heterocycles. The van der Waals surface area contributed by atoms with E-state index in [1.807, 2.05) is 12.1 Å². The molecule has 0 spiro atoms. The molecule has 4 heteroatoms. The Kier molecular flexibility index (Phi) is 4.45. The summed E-state index contributed by atoms with van der Waals surface area (Å²) in [6.45, 7) is 9.81. The lowest BCUT2D eigenvalue weighted by Gasteiger charge is -2.42. The van der Waals surface area contributed by atoms with E-state index in [4.69, 9.17) is 0 Å². The minimum absolute atomic E-state index is 0.101. The van der Waals surface area contributed by atoms with Crippen LogP contribution in [0, 0.1) is 11.2 Å². The molecule has 0 unspecified atom stereocenters. The second kappa shape index (κ2) is 6.32. The Morgan fingerprint density at radius 2 is 1.76 bits per heavy atom. The van der Waals surface area contributed by atoms with Crippen LogP contribution in [0.4, 0.5) is 10.1 Å². The molecule has 116 valence electrons. The summed E-state index contributed by atoms with van der Waals surface area (Å²) >= 11 is 0. The monoisotopic (exact) mass is 291 g/mol. The third-order valence-electron chi connectivity index (χ3n) is 4.98. The first-order valence-corrected chi connectivity index (χ1v) is 8.09. The van der Waals surface area contributed by atoms with Crippen LogP contribution >= 0.6 is 0 Å². The van der Waals surface area contributed by atoms with Gasteiger partial charge in [0, 0.05) is 32.7 Å². The molecule has 1 aromatic rings. The maximum atomic E-state index is 13.8. The second-order valence-electron chi connectivity index (χ2n) is 6.78. The number of nitrogens with zero attached hydrogens (tertiary/aromatic N) is 2. The van der Waals surface area contributed by atoms with Gasteiger partial charge in [-0.05, 0) is 43.5 Å². The van der Waals surface area contributed by atoms with Crippen LogP contribution in [-0.2, 0) is 0 Å². The molecular formula is C17H26FN3. The first-order valence-electron chi connectivity index (χ1n) is 8.09. The summed E-state index contributed by atoms with van der Waals surface area (Å²) in [5.41, 5.74) is 1.20. The Morgan fingerprint density at radius 3 is 2.43 bits per heavy atom. The van der Waals surface area contributed by atoms with E-state index in [1.165, 1.54) is 19.4 Å². The fourth-order valence-electron chi connectivity index (χ4n) is 3.58. The van der Waals surface area contributed by atoms with Gasteiger partial charge in [0.2, 0.25) is 0 Å². The van der Waals surface area contributed by atoms with Gasteiger partial charge in [-0.15, -0.1) is 0 Å². The number of hydrogen-bond donors (Lipinski definition) is 1. The average Bonchev–Trinajstić information content (AvgIpc) is 2.49. The topological polar surface area (TPSA) is 18.5 Å². The molecule has 21 heavy (non-hydrogen) atoms. The molecule has 0 amide bonds. The normalized spacial score (nSPS) is 23.2. The van der Waals surface area contributed by atoms with Crippen LogP contribution in [0.25, 0.3) is 0 Å². The molecule has 2 aliphatic rings. The van der Waals surface area contributed by atoms with Gasteiger partial charge in [-0.3, -0.25) is 4.90 Å². The van der Waals surface area contributed by atoms with Crippen LogP contribution < -0.4 is 10.2 Å². The summed E-state index contributed by atoms with van der Waals surface area (Å²) in [6, 6.07) is 7.12. The number of piperazine rings is 1. The Bertz CT molecular complexity index is 463. The summed E-state index contributed by atoms with van der Waals surface area (Å²) in [5.74, 6) is -0.101. The number of halogens is 1. The van der Waals surface area contributed by atoms with Gasteiger partial charge in [0.15, 0.2) is 0 Å². The molecule has 0 bridgehead atoms. The minimum atomic E-state index is -0.101. The van der Waals surface area contributed by atoms with Crippen molar-refractivity contribution in [3.8, 4) is 0 Å². The highest BCUT2D eigenvalue weighted by atomic mass is 19.1. The first-order chi connectivity index (χ1) is 10.2. The highest BCUT2D eigenvalue weighted by molar-refractivity contribution is 5.47. The van der Waals surface area contributed by atoms with Crippen molar-refractivity contribution in [2.75, 3.05) is 50.7 Å². The summed E-state index contributed by atoms with van der Waals surface area (Å²) in [7, 11) is 0. The van der Waals surface area contributed by atoms with Crippen LogP contribution in [-0.4, -0.2) is 50.7 Å². The van der Waals surface area contributed by atoms with Crippen molar-refractivity contribution in [1.82, 2.24) is 10.2 Å². The van der Waals surface area contributed by atoms with E-state index < -0.39 is 0 Å². The minimum Gasteiger partial charge on any atom is -0.367 e. The average molecular weight is 291 g/mol. The largest absolute Gasteiger partial charge is 0.367 e. The number of para-hydroxylation sites is 1. The predicted molar refractivity (Wildman–Crippen MR) is 85.3 cm³/mol. The Morgan fingerprint density at radius 1 is 1.10 bits per heavy atom. The standard InChI is InChI=1S/C17H26FN3/c1-17(6-8-19-9-7-17)14-20-10-12-21(13-11-20)16-5-3-2-4-15(16)18/h2-5,19H,6-14H2,1H3. The van der Waals surface area contributed by atoms with Crippen LogP contribution in [0.3, 0.4) is 0 Å². The number of hydrogen-bond acceptors (Lipinski definition) is 3. The van der Waals surface area contributed by atoms with Crippen molar-refractivity contribution in [1.29, 1.82) is 0 Å². The predicted octanol–water partition coefficient (Wildman–Crippen LogP) is 2.34. The van der Waals surface area contributed by atoms with Gasteiger partial charge in [-0.1, -0.05) is 19.1 Å². The van der Waals surface area contributed by atoms with E-state index in [1.54, 1.807) is 12.1 Å². The molecule has 0 atom stereocenters. The van der Waals surface area contributed by atoms with Gasteiger partial charge in [0.05, 0.1) is 5.69 Å². The molecule has 0 radical (unpaired) electrons. The van der Waals surface area contributed by atoms with E-state index in [0.29, 0.717) is 5.41 Å². The van der Waals surface area contributed by atoms with Crippen LogP contribution in [0.2, 0.25) is 0 Å². The maximum absolute atomic E-state index is 13.8. The number of anilines is 1. The fraction of sp³-hybridized carbons (Fsp3) is 0.647. The van der Waals surface area contributed by atoms with Gasteiger partial charge in [0.1, 0.15) is 5.82 Å². The number of piperidine rings is 1. The van der Waals surface area contributed by atoms with Crippen molar-refractivity contribution >= 4 is 5.69 Å². The Labute approximate surface area is 127 Å². The zero-order valence-electron chi connectivity index (χ0n) is 12.9. The van der Waals surface area contributed by atoms with E-state index in [9.17, 15) is 4.39 Å². The van der Waals surface area contributed by atoms with Gasteiger partial charge in [-0.25, -0.2) is 4.39 Å². The quantitative estimate of drug-likeness (QED) is 0.922. The second-order valence-corrected chi connectivity index (χ2v) is 6.78. The Balaban J connectivity index is 1.54. The summed E-state index contributed by atoms with van der Waals surface area (Å²) in [6.07, 6.45) is 2.53. The molecule has 2 saturated heterocycles. The summed E-state index contributed by atoms with van der Waals surface area (Å²) < 4.78 is 13.8. The lowest BCUT2D eigenvalue weighted by molar-refractivity contribution is 0.123. The van der Waals surface area contributed by atoms with Crippen LogP contribution in [0.1, 0.15) is 19.8 Å². The molecule has 3 nitrogen and oxygen atoms in total.